The first kappa shape index (κ1) is 13.2. The van der Waals surface area contributed by atoms with Gasteiger partial charge >= 0.3 is 0 Å². The summed E-state index contributed by atoms with van der Waals surface area (Å²) in [5, 5.41) is 3.74. The standard InChI is InChI=1S/C18H27N/c1-4-19-18(17-15-6-5-7-16(15)17)14-10-8-13(9-11-14)12(2)3/h8-12,15-19H,4-7H2,1-3H3. The molecule has 1 nitrogen and oxygen atoms in total. The number of rotatable bonds is 5. The molecular formula is C18H27N. The number of fused-ring (bicyclic) bond motifs is 1. The zero-order valence-corrected chi connectivity index (χ0v) is 12.5. The van der Waals surface area contributed by atoms with Crippen LogP contribution in [0.4, 0.5) is 0 Å². The summed E-state index contributed by atoms with van der Waals surface area (Å²) in [6.07, 6.45) is 4.42. The fourth-order valence-electron chi connectivity index (χ4n) is 4.16. The molecule has 0 aromatic heterocycles. The monoisotopic (exact) mass is 257 g/mol. The van der Waals surface area contributed by atoms with Crippen LogP contribution >= 0.6 is 0 Å². The summed E-state index contributed by atoms with van der Waals surface area (Å²) >= 11 is 0. The lowest BCUT2D eigenvalue weighted by atomic mass is 9.94. The maximum Gasteiger partial charge on any atom is 0.0354 e. The van der Waals surface area contributed by atoms with E-state index in [1.807, 2.05) is 0 Å². The zero-order chi connectivity index (χ0) is 13.4. The molecule has 0 bridgehead atoms. The lowest BCUT2D eigenvalue weighted by Crippen LogP contribution is -2.24. The van der Waals surface area contributed by atoms with Gasteiger partial charge < -0.3 is 5.32 Å². The molecule has 3 unspecified atom stereocenters. The molecule has 2 aliphatic carbocycles. The van der Waals surface area contributed by atoms with Crippen LogP contribution in [0.25, 0.3) is 0 Å². The van der Waals surface area contributed by atoms with E-state index in [2.05, 4.69) is 50.4 Å². The summed E-state index contributed by atoms with van der Waals surface area (Å²) in [5.74, 6) is 3.59. The average molecular weight is 257 g/mol. The maximum absolute atomic E-state index is 3.74. The first-order valence-electron chi connectivity index (χ1n) is 8.05. The number of hydrogen-bond donors (Lipinski definition) is 1. The Labute approximate surface area is 117 Å². The minimum atomic E-state index is 0.599. The predicted molar refractivity (Wildman–Crippen MR) is 81.3 cm³/mol. The van der Waals surface area contributed by atoms with Gasteiger partial charge in [0.2, 0.25) is 0 Å². The second-order valence-corrected chi connectivity index (χ2v) is 6.69. The molecule has 3 atom stereocenters. The highest BCUT2D eigenvalue weighted by Gasteiger charge is 2.55. The van der Waals surface area contributed by atoms with Crippen molar-refractivity contribution in [3.8, 4) is 0 Å². The van der Waals surface area contributed by atoms with Gasteiger partial charge in [-0.1, -0.05) is 51.5 Å². The topological polar surface area (TPSA) is 12.0 Å². The van der Waals surface area contributed by atoms with E-state index < -0.39 is 0 Å². The molecule has 0 spiro atoms. The normalized spacial score (nSPS) is 30.4. The molecule has 0 saturated heterocycles. The van der Waals surface area contributed by atoms with Gasteiger partial charge in [-0.05, 0) is 54.2 Å². The molecular weight excluding hydrogens is 230 g/mol. The Kier molecular flexibility index (Phi) is 3.66. The molecule has 0 amide bonds. The van der Waals surface area contributed by atoms with Crippen LogP contribution in [0.2, 0.25) is 0 Å². The lowest BCUT2D eigenvalue weighted by molar-refractivity contribution is 0.426. The van der Waals surface area contributed by atoms with E-state index in [-0.39, 0.29) is 0 Å². The third-order valence-corrected chi connectivity index (χ3v) is 5.24. The van der Waals surface area contributed by atoms with Crippen molar-refractivity contribution >= 4 is 0 Å². The van der Waals surface area contributed by atoms with Crippen LogP contribution in [0, 0.1) is 17.8 Å². The molecule has 1 heteroatoms. The molecule has 1 aromatic carbocycles. The molecule has 2 saturated carbocycles. The highest BCUT2D eigenvalue weighted by atomic mass is 14.9. The fourth-order valence-corrected chi connectivity index (χ4v) is 4.16. The number of hydrogen-bond acceptors (Lipinski definition) is 1. The van der Waals surface area contributed by atoms with Gasteiger partial charge in [0.05, 0.1) is 0 Å². The van der Waals surface area contributed by atoms with E-state index in [0.717, 1.165) is 24.3 Å². The van der Waals surface area contributed by atoms with Gasteiger partial charge in [-0.3, -0.25) is 0 Å². The van der Waals surface area contributed by atoms with Crippen LogP contribution in [-0.4, -0.2) is 6.54 Å². The Morgan fingerprint density at radius 2 is 1.63 bits per heavy atom. The first-order valence-corrected chi connectivity index (χ1v) is 8.05. The van der Waals surface area contributed by atoms with E-state index in [1.54, 1.807) is 0 Å². The van der Waals surface area contributed by atoms with Gasteiger partial charge in [0.15, 0.2) is 0 Å². The lowest BCUT2D eigenvalue weighted by Gasteiger charge is -2.21. The van der Waals surface area contributed by atoms with Gasteiger partial charge in [0.1, 0.15) is 0 Å². The molecule has 2 fully saturated rings. The Morgan fingerprint density at radius 1 is 1.05 bits per heavy atom. The van der Waals surface area contributed by atoms with E-state index in [9.17, 15) is 0 Å². The summed E-state index contributed by atoms with van der Waals surface area (Å²) < 4.78 is 0. The van der Waals surface area contributed by atoms with E-state index in [1.165, 1.54) is 30.4 Å². The van der Waals surface area contributed by atoms with Gasteiger partial charge in [-0.25, -0.2) is 0 Å². The van der Waals surface area contributed by atoms with E-state index in [0.29, 0.717) is 12.0 Å². The summed E-state index contributed by atoms with van der Waals surface area (Å²) in [6.45, 7) is 7.84. The SMILES string of the molecule is CCNC(c1ccc(C(C)C)cc1)C1C2CCCC21. The summed E-state index contributed by atoms with van der Waals surface area (Å²) in [5.41, 5.74) is 2.96. The summed E-state index contributed by atoms with van der Waals surface area (Å²) in [7, 11) is 0. The number of benzene rings is 1. The minimum absolute atomic E-state index is 0.599. The summed E-state index contributed by atoms with van der Waals surface area (Å²) in [6, 6.07) is 9.96. The van der Waals surface area contributed by atoms with Crippen molar-refractivity contribution in [2.75, 3.05) is 6.54 Å². The Morgan fingerprint density at radius 3 is 2.16 bits per heavy atom. The van der Waals surface area contributed by atoms with Crippen molar-refractivity contribution < 1.29 is 0 Å². The second-order valence-electron chi connectivity index (χ2n) is 6.69. The van der Waals surface area contributed by atoms with Crippen molar-refractivity contribution in [3.63, 3.8) is 0 Å². The zero-order valence-electron chi connectivity index (χ0n) is 12.5. The van der Waals surface area contributed by atoms with Crippen molar-refractivity contribution in [2.45, 2.75) is 52.0 Å². The quantitative estimate of drug-likeness (QED) is 0.818. The Hall–Kier alpha value is -0.820. The van der Waals surface area contributed by atoms with Gasteiger partial charge in [0.25, 0.3) is 0 Å². The van der Waals surface area contributed by atoms with Crippen molar-refractivity contribution in [1.82, 2.24) is 5.32 Å². The van der Waals surface area contributed by atoms with Crippen LogP contribution in [0.3, 0.4) is 0 Å². The molecule has 104 valence electrons. The van der Waals surface area contributed by atoms with E-state index >= 15 is 0 Å². The molecule has 3 rings (SSSR count). The Bertz CT molecular complexity index is 410. The molecule has 0 aliphatic heterocycles. The van der Waals surface area contributed by atoms with Crippen molar-refractivity contribution in [2.24, 2.45) is 17.8 Å². The summed E-state index contributed by atoms with van der Waals surface area (Å²) in [4.78, 5) is 0. The first-order chi connectivity index (χ1) is 9.22. The predicted octanol–water partition coefficient (Wildman–Crippen LogP) is 4.51. The molecule has 19 heavy (non-hydrogen) atoms. The largest absolute Gasteiger partial charge is 0.310 e. The van der Waals surface area contributed by atoms with Crippen molar-refractivity contribution in [1.29, 1.82) is 0 Å². The molecule has 0 radical (unpaired) electrons. The van der Waals surface area contributed by atoms with Crippen LogP contribution in [0.1, 0.15) is 63.1 Å². The maximum atomic E-state index is 3.74. The van der Waals surface area contributed by atoms with Crippen LogP contribution < -0.4 is 5.32 Å². The molecule has 1 N–H and O–H groups in total. The van der Waals surface area contributed by atoms with Crippen molar-refractivity contribution in [3.05, 3.63) is 35.4 Å². The van der Waals surface area contributed by atoms with Gasteiger partial charge in [-0.2, -0.15) is 0 Å². The smallest absolute Gasteiger partial charge is 0.0354 e. The second kappa shape index (κ2) is 5.28. The fraction of sp³-hybridized carbons (Fsp3) is 0.667. The Balaban J connectivity index is 1.76. The van der Waals surface area contributed by atoms with Crippen LogP contribution in [0.5, 0.6) is 0 Å². The molecule has 0 heterocycles. The van der Waals surface area contributed by atoms with Crippen LogP contribution in [-0.2, 0) is 0 Å². The number of nitrogens with one attached hydrogen (secondary N) is 1. The molecule has 1 aromatic rings. The van der Waals surface area contributed by atoms with Crippen LogP contribution in [0.15, 0.2) is 24.3 Å². The average Bonchev–Trinajstić information content (AvgIpc) is 2.88. The van der Waals surface area contributed by atoms with Gasteiger partial charge in [-0.15, -0.1) is 0 Å². The third kappa shape index (κ3) is 2.45. The van der Waals surface area contributed by atoms with Gasteiger partial charge in [0, 0.05) is 6.04 Å². The highest BCUT2D eigenvalue weighted by molar-refractivity contribution is 5.29. The highest BCUT2D eigenvalue weighted by Crippen LogP contribution is 2.62. The molecule has 2 aliphatic rings. The third-order valence-electron chi connectivity index (χ3n) is 5.24. The minimum Gasteiger partial charge on any atom is -0.310 e. The van der Waals surface area contributed by atoms with E-state index in [4.69, 9.17) is 0 Å².